The predicted octanol–water partition coefficient (Wildman–Crippen LogP) is 3.51. The van der Waals surface area contributed by atoms with Crippen molar-refractivity contribution in [1.82, 2.24) is 0 Å². The Kier molecular flexibility index (Phi) is 4.84. The van der Waals surface area contributed by atoms with Crippen LogP contribution in [0.25, 0.3) is 6.08 Å². The maximum atomic E-state index is 12.6. The zero-order valence-electron chi connectivity index (χ0n) is 13.8. The molecule has 128 valence electrons. The number of hydrogen-bond donors (Lipinski definition) is 1. The lowest BCUT2D eigenvalue weighted by Crippen LogP contribution is -2.19. The van der Waals surface area contributed by atoms with Crippen molar-refractivity contribution in [2.75, 3.05) is 13.2 Å². The molecule has 0 saturated carbocycles. The Hall–Kier alpha value is -3.08. The summed E-state index contributed by atoms with van der Waals surface area (Å²) < 4.78 is 11.1. The van der Waals surface area contributed by atoms with Gasteiger partial charge in [0.25, 0.3) is 0 Å². The minimum Gasteiger partial charge on any atom is -0.493 e. The van der Waals surface area contributed by atoms with Crippen molar-refractivity contribution < 1.29 is 24.2 Å². The van der Waals surface area contributed by atoms with E-state index in [-0.39, 0.29) is 25.4 Å². The fourth-order valence-electron chi connectivity index (χ4n) is 2.64. The van der Waals surface area contributed by atoms with Crippen molar-refractivity contribution in [3.8, 4) is 11.5 Å². The molecule has 0 amide bonds. The van der Waals surface area contributed by atoms with Crippen LogP contribution in [0.2, 0.25) is 0 Å². The third kappa shape index (κ3) is 3.88. The molecule has 1 heterocycles. The second-order valence-corrected chi connectivity index (χ2v) is 5.80. The van der Waals surface area contributed by atoms with Gasteiger partial charge in [-0.1, -0.05) is 24.3 Å². The number of rotatable bonds is 5. The van der Waals surface area contributed by atoms with Gasteiger partial charge in [-0.2, -0.15) is 0 Å². The van der Waals surface area contributed by atoms with Crippen LogP contribution in [-0.2, 0) is 4.79 Å². The standard InChI is InChI=1S/C20H18O5/c1-13-3-2-4-17-19(23)15(12-25-20(13)17)11-14-5-7-16(8-6-14)24-10-9-18(21)22/h2-8,11H,9-10,12H2,1H3,(H,21,22). The number of para-hydroxylation sites is 1. The molecule has 0 unspecified atom stereocenters. The minimum atomic E-state index is -0.896. The first kappa shape index (κ1) is 16.8. The van der Waals surface area contributed by atoms with Gasteiger partial charge in [0.15, 0.2) is 5.78 Å². The predicted molar refractivity (Wildman–Crippen MR) is 93.2 cm³/mol. The highest BCUT2D eigenvalue weighted by Crippen LogP contribution is 2.31. The van der Waals surface area contributed by atoms with E-state index in [4.69, 9.17) is 14.6 Å². The first-order valence-electron chi connectivity index (χ1n) is 7.97. The largest absolute Gasteiger partial charge is 0.493 e. The Morgan fingerprint density at radius 1 is 1.24 bits per heavy atom. The molecule has 0 atom stereocenters. The molecule has 1 aliphatic heterocycles. The summed E-state index contributed by atoms with van der Waals surface area (Å²) in [6.07, 6.45) is 1.76. The summed E-state index contributed by atoms with van der Waals surface area (Å²) in [6.45, 7) is 2.29. The minimum absolute atomic E-state index is 0.0215. The molecule has 0 fully saturated rings. The molecule has 1 aliphatic rings. The Morgan fingerprint density at radius 2 is 2.00 bits per heavy atom. The number of ether oxygens (including phenoxy) is 2. The summed E-state index contributed by atoms with van der Waals surface area (Å²) in [5.41, 5.74) is 2.99. The van der Waals surface area contributed by atoms with Crippen LogP contribution in [0, 0.1) is 6.92 Å². The summed E-state index contributed by atoms with van der Waals surface area (Å²) in [5, 5.41) is 8.60. The van der Waals surface area contributed by atoms with E-state index >= 15 is 0 Å². The summed E-state index contributed by atoms with van der Waals surface area (Å²) >= 11 is 0. The van der Waals surface area contributed by atoms with Crippen molar-refractivity contribution in [2.24, 2.45) is 0 Å². The van der Waals surface area contributed by atoms with Crippen LogP contribution in [0.15, 0.2) is 48.0 Å². The molecular weight excluding hydrogens is 320 g/mol. The molecule has 5 heteroatoms. The summed E-state index contributed by atoms with van der Waals surface area (Å²) in [7, 11) is 0. The zero-order valence-corrected chi connectivity index (χ0v) is 13.8. The van der Waals surface area contributed by atoms with Gasteiger partial charge in [-0.25, -0.2) is 0 Å². The third-order valence-corrected chi connectivity index (χ3v) is 3.93. The highest BCUT2D eigenvalue weighted by molar-refractivity contribution is 6.14. The van der Waals surface area contributed by atoms with Crippen LogP contribution in [0.3, 0.4) is 0 Å². The van der Waals surface area contributed by atoms with E-state index in [1.807, 2.05) is 31.2 Å². The quantitative estimate of drug-likeness (QED) is 0.845. The number of carboxylic acids is 1. The van der Waals surface area contributed by atoms with E-state index in [2.05, 4.69) is 0 Å². The maximum absolute atomic E-state index is 12.6. The first-order chi connectivity index (χ1) is 12.0. The molecule has 3 rings (SSSR count). The number of hydrogen-bond acceptors (Lipinski definition) is 4. The highest BCUT2D eigenvalue weighted by Gasteiger charge is 2.24. The Bertz CT molecular complexity index is 834. The lowest BCUT2D eigenvalue weighted by Gasteiger charge is -2.20. The van der Waals surface area contributed by atoms with Crippen molar-refractivity contribution in [3.63, 3.8) is 0 Å². The number of aliphatic carboxylic acids is 1. The first-order valence-corrected chi connectivity index (χ1v) is 7.97. The van der Waals surface area contributed by atoms with E-state index in [0.29, 0.717) is 22.6 Å². The monoisotopic (exact) mass is 338 g/mol. The highest BCUT2D eigenvalue weighted by atomic mass is 16.5. The molecule has 0 saturated heterocycles. The van der Waals surface area contributed by atoms with Crippen LogP contribution < -0.4 is 9.47 Å². The normalized spacial score (nSPS) is 14.8. The average Bonchev–Trinajstić information content (AvgIpc) is 2.59. The van der Waals surface area contributed by atoms with Gasteiger partial charge in [-0.15, -0.1) is 0 Å². The molecule has 0 aromatic heterocycles. The average molecular weight is 338 g/mol. The molecule has 0 spiro atoms. The molecule has 2 aromatic carbocycles. The van der Waals surface area contributed by atoms with E-state index in [9.17, 15) is 9.59 Å². The third-order valence-electron chi connectivity index (χ3n) is 3.93. The topological polar surface area (TPSA) is 72.8 Å². The fourth-order valence-corrected chi connectivity index (χ4v) is 2.64. The molecular formula is C20H18O5. The molecule has 2 aromatic rings. The second-order valence-electron chi connectivity index (χ2n) is 5.80. The number of carboxylic acid groups (broad SMARTS) is 1. The number of carbonyl (C=O) groups is 2. The molecule has 5 nitrogen and oxygen atoms in total. The van der Waals surface area contributed by atoms with Crippen molar-refractivity contribution >= 4 is 17.8 Å². The van der Waals surface area contributed by atoms with Crippen LogP contribution in [0.1, 0.15) is 27.9 Å². The van der Waals surface area contributed by atoms with Gasteiger partial charge in [0.05, 0.1) is 18.6 Å². The molecule has 1 N–H and O–H groups in total. The lowest BCUT2D eigenvalue weighted by molar-refractivity contribution is -0.137. The number of ketones is 1. The van der Waals surface area contributed by atoms with Gasteiger partial charge in [-0.05, 0) is 42.3 Å². The molecule has 0 radical (unpaired) electrons. The van der Waals surface area contributed by atoms with Gasteiger partial charge < -0.3 is 14.6 Å². The summed E-state index contributed by atoms with van der Waals surface area (Å²) in [4.78, 5) is 23.1. The molecule has 25 heavy (non-hydrogen) atoms. The second kappa shape index (κ2) is 7.21. The van der Waals surface area contributed by atoms with Gasteiger partial charge in [-0.3, -0.25) is 9.59 Å². The van der Waals surface area contributed by atoms with E-state index in [1.54, 1.807) is 24.3 Å². The van der Waals surface area contributed by atoms with Gasteiger partial charge in [0, 0.05) is 5.57 Å². The smallest absolute Gasteiger partial charge is 0.306 e. The Morgan fingerprint density at radius 3 is 2.72 bits per heavy atom. The van der Waals surface area contributed by atoms with Crippen LogP contribution in [0.5, 0.6) is 11.5 Å². The SMILES string of the molecule is Cc1cccc2c1OCC(=Cc1ccc(OCCC(=O)O)cc1)C2=O. The zero-order chi connectivity index (χ0) is 17.8. The van der Waals surface area contributed by atoms with E-state index in [0.717, 1.165) is 11.1 Å². The molecule has 0 aliphatic carbocycles. The number of aryl methyl sites for hydroxylation is 1. The van der Waals surface area contributed by atoms with Crippen LogP contribution >= 0.6 is 0 Å². The Labute approximate surface area is 145 Å². The van der Waals surface area contributed by atoms with Gasteiger partial charge in [0.2, 0.25) is 0 Å². The number of benzene rings is 2. The van der Waals surface area contributed by atoms with Crippen molar-refractivity contribution in [1.29, 1.82) is 0 Å². The summed E-state index contributed by atoms with van der Waals surface area (Å²) in [6, 6.07) is 12.7. The Balaban J connectivity index is 1.73. The van der Waals surface area contributed by atoms with Crippen LogP contribution in [0.4, 0.5) is 0 Å². The van der Waals surface area contributed by atoms with Gasteiger partial charge >= 0.3 is 5.97 Å². The van der Waals surface area contributed by atoms with Crippen molar-refractivity contribution in [2.45, 2.75) is 13.3 Å². The fraction of sp³-hybridized carbons (Fsp3) is 0.200. The maximum Gasteiger partial charge on any atom is 0.306 e. The van der Waals surface area contributed by atoms with E-state index in [1.165, 1.54) is 0 Å². The van der Waals surface area contributed by atoms with Crippen LogP contribution in [-0.4, -0.2) is 30.1 Å². The summed E-state index contributed by atoms with van der Waals surface area (Å²) in [5.74, 6) is 0.335. The lowest BCUT2D eigenvalue weighted by atomic mass is 9.96. The number of Topliss-reactive ketones (excluding diaryl/α,β-unsaturated/α-hetero) is 1. The number of carbonyl (C=O) groups excluding carboxylic acids is 1. The van der Waals surface area contributed by atoms with Crippen molar-refractivity contribution in [3.05, 3.63) is 64.7 Å². The van der Waals surface area contributed by atoms with E-state index < -0.39 is 5.97 Å². The van der Waals surface area contributed by atoms with Gasteiger partial charge in [0.1, 0.15) is 18.1 Å². The molecule has 0 bridgehead atoms. The number of fused-ring (bicyclic) bond motifs is 1.